The van der Waals surface area contributed by atoms with E-state index in [2.05, 4.69) is 26.7 Å². The number of pyridine rings is 1. The van der Waals surface area contributed by atoms with Gasteiger partial charge in [0.25, 0.3) is 0 Å². The van der Waals surface area contributed by atoms with Gasteiger partial charge in [-0.3, -0.25) is 0 Å². The van der Waals surface area contributed by atoms with Gasteiger partial charge in [-0.1, -0.05) is 23.7 Å². The Morgan fingerprint density at radius 1 is 1.14 bits per heavy atom. The lowest BCUT2D eigenvalue weighted by Gasteiger charge is -2.14. The monoisotopic (exact) mass is 420 g/mol. The summed E-state index contributed by atoms with van der Waals surface area (Å²) in [5, 5.41) is 6.97. The Morgan fingerprint density at radius 3 is 2.76 bits per heavy atom. The van der Waals surface area contributed by atoms with E-state index in [0.29, 0.717) is 49.8 Å². The minimum atomic E-state index is 0.414. The molecule has 0 spiro atoms. The maximum atomic E-state index is 6.04. The van der Waals surface area contributed by atoms with Crippen LogP contribution in [0, 0.1) is 6.92 Å². The van der Waals surface area contributed by atoms with E-state index in [1.54, 1.807) is 25.4 Å². The van der Waals surface area contributed by atoms with Crippen LogP contribution >= 0.6 is 11.6 Å². The number of nitrogens with one attached hydrogen (secondary N) is 2. The Balaban J connectivity index is 1.92. The standard InChI is InChI=1S/C21H29ClN4O3/c1-4-23-21(25-10-11-29-20-18(22)6-5-9-24-20)26-15-17-8-7-16(2)14-19(17)28-13-12-27-3/h5-9,14H,4,10-13,15H2,1-3H3,(H2,23,25,26). The summed E-state index contributed by atoms with van der Waals surface area (Å²) in [6, 6.07) is 9.62. The van der Waals surface area contributed by atoms with Crippen molar-refractivity contribution in [3.05, 3.63) is 52.7 Å². The number of guanidine groups is 1. The first-order chi connectivity index (χ1) is 14.1. The summed E-state index contributed by atoms with van der Waals surface area (Å²) in [4.78, 5) is 8.75. The molecule has 7 nitrogen and oxygen atoms in total. The molecule has 0 saturated carbocycles. The molecular weight excluding hydrogens is 392 g/mol. The number of aromatic nitrogens is 1. The van der Waals surface area contributed by atoms with Gasteiger partial charge in [0.1, 0.15) is 24.0 Å². The molecule has 0 saturated heterocycles. The van der Waals surface area contributed by atoms with Crippen LogP contribution in [0.25, 0.3) is 0 Å². The third-order valence-corrected chi connectivity index (χ3v) is 4.17. The topological polar surface area (TPSA) is 77.0 Å². The summed E-state index contributed by atoms with van der Waals surface area (Å²) in [7, 11) is 1.66. The van der Waals surface area contributed by atoms with Crippen molar-refractivity contribution in [2.24, 2.45) is 4.99 Å². The highest BCUT2D eigenvalue weighted by atomic mass is 35.5. The molecule has 2 aromatic rings. The van der Waals surface area contributed by atoms with Crippen LogP contribution in [0.3, 0.4) is 0 Å². The lowest BCUT2D eigenvalue weighted by molar-refractivity contribution is 0.145. The second kappa shape index (κ2) is 12.9. The fourth-order valence-electron chi connectivity index (χ4n) is 2.46. The van der Waals surface area contributed by atoms with Gasteiger partial charge < -0.3 is 24.8 Å². The van der Waals surface area contributed by atoms with Crippen molar-refractivity contribution in [1.82, 2.24) is 15.6 Å². The van der Waals surface area contributed by atoms with E-state index >= 15 is 0 Å². The molecule has 0 atom stereocenters. The first-order valence-corrected chi connectivity index (χ1v) is 9.98. The zero-order valence-electron chi connectivity index (χ0n) is 17.2. The molecule has 1 aromatic heterocycles. The first kappa shape index (κ1) is 22.8. The van der Waals surface area contributed by atoms with E-state index in [1.807, 2.05) is 26.0 Å². The second-order valence-electron chi connectivity index (χ2n) is 6.21. The Labute approximate surface area is 177 Å². The van der Waals surface area contributed by atoms with Crippen molar-refractivity contribution in [1.29, 1.82) is 0 Å². The molecule has 0 bridgehead atoms. The van der Waals surface area contributed by atoms with E-state index in [1.165, 1.54) is 0 Å². The molecule has 1 aromatic carbocycles. The van der Waals surface area contributed by atoms with Crippen molar-refractivity contribution < 1.29 is 14.2 Å². The Bertz CT molecular complexity index is 786. The van der Waals surface area contributed by atoms with E-state index in [0.717, 1.165) is 23.4 Å². The number of nitrogens with zero attached hydrogens (tertiary/aromatic N) is 2. The number of aryl methyl sites for hydroxylation is 1. The van der Waals surface area contributed by atoms with Gasteiger partial charge >= 0.3 is 0 Å². The van der Waals surface area contributed by atoms with Crippen molar-refractivity contribution in [3.63, 3.8) is 0 Å². The molecular formula is C21H29ClN4O3. The van der Waals surface area contributed by atoms with Gasteiger partial charge in [0.2, 0.25) is 5.88 Å². The molecule has 0 radical (unpaired) electrons. The van der Waals surface area contributed by atoms with E-state index in [9.17, 15) is 0 Å². The highest BCUT2D eigenvalue weighted by Crippen LogP contribution is 2.21. The number of methoxy groups -OCH3 is 1. The lowest BCUT2D eigenvalue weighted by Crippen LogP contribution is -2.39. The summed E-state index contributed by atoms with van der Waals surface area (Å²) >= 11 is 6.04. The van der Waals surface area contributed by atoms with Crippen molar-refractivity contribution in [3.8, 4) is 11.6 Å². The predicted octanol–water partition coefficient (Wildman–Crippen LogP) is 3.20. The highest BCUT2D eigenvalue weighted by Gasteiger charge is 2.06. The SMILES string of the molecule is CCNC(=NCc1ccc(C)cc1OCCOC)NCCOc1ncccc1Cl. The molecule has 2 N–H and O–H groups in total. The molecule has 0 aliphatic rings. The molecule has 158 valence electrons. The molecule has 29 heavy (non-hydrogen) atoms. The van der Waals surface area contributed by atoms with Crippen LogP contribution < -0.4 is 20.1 Å². The van der Waals surface area contributed by atoms with Gasteiger partial charge in [0, 0.05) is 25.4 Å². The van der Waals surface area contributed by atoms with E-state index < -0.39 is 0 Å². The van der Waals surface area contributed by atoms with Crippen LogP contribution in [0.4, 0.5) is 0 Å². The summed E-state index contributed by atoms with van der Waals surface area (Å²) in [5.41, 5.74) is 2.15. The third-order valence-electron chi connectivity index (χ3n) is 3.88. The zero-order valence-corrected chi connectivity index (χ0v) is 18.0. The maximum Gasteiger partial charge on any atom is 0.232 e. The first-order valence-electron chi connectivity index (χ1n) is 9.60. The number of aliphatic imine (C=N–C) groups is 1. The number of rotatable bonds is 11. The quantitative estimate of drug-likeness (QED) is 0.330. The summed E-state index contributed by atoms with van der Waals surface area (Å²) in [6.45, 7) is 7.32. The molecule has 0 fully saturated rings. The fourth-order valence-corrected chi connectivity index (χ4v) is 2.64. The van der Waals surface area contributed by atoms with Crippen LogP contribution in [0.15, 0.2) is 41.5 Å². The minimum Gasteiger partial charge on any atom is -0.491 e. The number of halogens is 1. The molecule has 8 heteroatoms. The molecule has 0 aliphatic heterocycles. The van der Waals surface area contributed by atoms with Gasteiger partial charge in [-0.2, -0.15) is 0 Å². The summed E-state index contributed by atoms with van der Waals surface area (Å²) < 4.78 is 16.5. The van der Waals surface area contributed by atoms with E-state index in [-0.39, 0.29) is 0 Å². The maximum absolute atomic E-state index is 6.04. The number of benzene rings is 1. The van der Waals surface area contributed by atoms with Gasteiger partial charge in [-0.25, -0.2) is 9.98 Å². The normalized spacial score (nSPS) is 11.2. The van der Waals surface area contributed by atoms with Crippen LogP contribution in [0.2, 0.25) is 5.02 Å². The van der Waals surface area contributed by atoms with Crippen LogP contribution in [0.1, 0.15) is 18.1 Å². The van der Waals surface area contributed by atoms with Gasteiger partial charge in [-0.15, -0.1) is 0 Å². The zero-order chi connectivity index (χ0) is 20.9. The molecule has 0 unspecified atom stereocenters. The summed E-state index contributed by atoms with van der Waals surface area (Å²) in [6.07, 6.45) is 1.65. The second-order valence-corrected chi connectivity index (χ2v) is 6.62. The van der Waals surface area contributed by atoms with Crippen LogP contribution in [0.5, 0.6) is 11.6 Å². The highest BCUT2D eigenvalue weighted by molar-refractivity contribution is 6.31. The number of hydrogen-bond acceptors (Lipinski definition) is 5. The third kappa shape index (κ3) is 8.17. The van der Waals surface area contributed by atoms with Gasteiger partial charge in [0.15, 0.2) is 5.96 Å². The molecule has 0 aliphatic carbocycles. The molecule has 2 rings (SSSR count). The minimum absolute atomic E-state index is 0.414. The van der Waals surface area contributed by atoms with E-state index in [4.69, 9.17) is 25.8 Å². The largest absolute Gasteiger partial charge is 0.491 e. The Hall–Kier alpha value is -2.51. The van der Waals surface area contributed by atoms with Gasteiger partial charge in [0.05, 0.1) is 19.7 Å². The predicted molar refractivity (Wildman–Crippen MR) is 116 cm³/mol. The number of hydrogen-bond donors (Lipinski definition) is 2. The Kier molecular flexibility index (Phi) is 10.1. The van der Waals surface area contributed by atoms with Crippen molar-refractivity contribution in [2.45, 2.75) is 20.4 Å². The fraction of sp³-hybridized carbons (Fsp3) is 0.429. The molecule has 1 heterocycles. The van der Waals surface area contributed by atoms with Crippen LogP contribution in [-0.4, -0.2) is 51.0 Å². The van der Waals surface area contributed by atoms with Crippen molar-refractivity contribution in [2.75, 3.05) is 40.0 Å². The Morgan fingerprint density at radius 2 is 2.00 bits per heavy atom. The average Bonchev–Trinajstić information content (AvgIpc) is 2.71. The molecule has 0 amide bonds. The smallest absolute Gasteiger partial charge is 0.232 e. The number of ether oxygens (including phenoxy) is 3. The average molecular weight is 421 g/mol. The van der Waals surface area contributed by atoms with Crippen LogP contribution in [-0.2, 0) is 11.3 Å². The van der Waals surface area contributed by atoms with Gasteiger partial charge in [-0.05, 0) is 37.6 Å². The lowest BCUT2D eigenvalue weighted by atomic mass is 10.1. The van der Waals surface area contributed by atoms with Crippen molar-refractivity contribution >= 4 is 17.6 Å². The summed E-state index contributed by atoms with van der Waals surface area (Å²) in [5.74, 6) is 1.96.